The maximum absolute atomic E-state index is 11.0. The second-order valence-corrected chi connectivity index (χ2v) is 7.90. The lowest BCUT2D eigenvalue weighted by Crippen LogP contribution is -2.04. The lowest BCUT2D eigenvalue weighted by atomic mass is 10.4. The van der Waals surface area contributed by atoms with Crippen molar-refractivity contribution in [1.82, 2.24) is 0 Å². The second kappa shape index (κ2) is 10.7. The third kappa shape index (κ3) is 9.00. The molecule has 0 aliphatic rings. The summed E-state index contributed by atoms with van der Waals surface area (Å²) in [6, 6.07) is 18.5. The van der Waals surface area contributed by atoms with Gasteiger partial charge in [0.05, 0.1) is 5.75 Å². The molecule has 0 bridgehead atoms. The minimum atomic E-state index is -3.85. The van der Waals surface area contributed by atoms with Crippen LogP contribution >= 0.6 is 24.4 Å². The third-order valence-electron chi connectivity index (χ3n) is 2.66. The van der Waals surface area contributed by atoms with Gasteiger partial charge in [-0.15, -0.1) is 12.6 Å². The van der Waals surface area contributed by atoms with E-state index in [0.29, 0.717) is 12.8 Å². The third-order valence-corrected chi connectivity index (χ3v) is 4.95. The van der Waals surface area contributed by atoms with Gasteiger partial charge >= 0.3 is 0 Å². The zero-order valence-corrected chi connectivity index (χ0v) is 15.2. The Balaban J connectivity index is 0.000000257. The molecule has 0 spiro atoms. The molecule has 3 nitrogen and oxygen atoms in total. The number of hydrogen-bond donors (Lipinski definition) is 1. The van der Waals surface area contributed by atoms with Crippen molar-refractivity contribution < 1.29 is 17.3 Å². The first-order valence-electron chi connectivity index (χ1n) is 7.01. The van der Waals surface area contributed by atoms with E-state index < -0.39 is 10.1 Å². The minimum absolute atomic E-state index is 0.236. The van der Waals surface area contributed by atoms with Crippen molar-refractivity contribution in [2.45, 2.75) is 34.5 Å². The maximum atomic E-state index is 11.0. The molecule has 2 aromatic carbocycles. The number of halogens is 1. The lowest BCUT2D eigenvalue weighted by Gasteiger charge is -2.00. The van der Waals surface area contributed by atoms with E-state index in [1.165, 1.54) is 9.79 Å². The molecular weight excluding hydrogens is 355 g/mol. The summed E-state index contributed by atoms with van der Waals surface area (Å²) in [5, 5.41) is 0. The fourth-order valence-electron chi connectivity index (χ4n) is 1.49. The van der Waals surface area contributed by atoms with Crippen molar-refractivity contribution in [3.8, 4) is 0 Å². The average molecular weight is 375 g/mol. The summed E-state index contributed by atoms with van der Waals surface area (Å²) in [5.41, 5.74) is 0. The maximum Gasteiger partial charge on any atom is 0.297 e. The zero-order chi connectivity index (χ0) is 17.1. The van der Waals surface area contributed by atoms with Crippen molar-refractivity contribution in [3.05, 3.63) is 54.6 Å². The van der Waals surface area contributed by atoms with E-state index in [0.717, 1.165) is 4.90 Å². The predicted molar refractivity (Wildman–Crippen MR) is 95.1 cm³/mol. The van der Waals surface area contributed by atoms with Crippen LogP contribution in [0.25, 0.3) is 0 Å². The molecular formula is C16H19FO3S3. The Morgan fingerprint density at radius 1 is 1.04 bits per heavy atom. The quantitative estimate of drug-likeness (QED) is 0.711. The Labute approximate surface area is 146 Å². The molecule has 23 heavy (non-hydrogen) atoms. The molecule has 0 amide bonds. The van der Waals surface area contributed by atoms with Gasteiger partial charge in [0.15, 0.2) is 0 Å². The predicted octanol–water partition coefficient (Wildman–Crippen LogP) is 5.14. The van der Waals surface area contributed by atoms with E-state index in [1.54, 1.807) is 11.8 Å². The number of hydrogen-bond acceptors (Lipinski definition) is 5. The molecule has 0 aliphatic carbocycles. The van der Waals surface area contributed by atoms with Gasteiger partial charge < -0.3 is 0 Å². The number of benzene rings is 2. The van der Waals surface area contributed by atoms with Crippen molar-refractivity contribution in [1.29, 1.82) is 0 Å². The van der Waals surface area contributed by atoms with Crippen LogP contribution in [0, 0.1) is 0 Å². The summed E-state index contributed by atoms with van der Waals surface area (Å²) in [6.07, 6.45) is 1.15. The molecule has 0 atom stereocenters. The van der Waals surface area contributed by atoms with E-state index >= 15 is 0 Å². The Morgan fingerprint density at radius 3 is 2.13 bits per heavy atom. The van der Waals surface area contributed by atoms with Gasteiger partial charge in [0.25, 0.3) is 10.1 Å². The van der Waals surface area contributed by atoms with Crippen molar-refractivity contribution in [2.24, 2.45) is 0 Å². The zero-order valence-electron chi connectivity index (χ0n) is 12.7. The summed E-state index contributed by atoms with van der Waals surface area (Å²) in [7, 11) is -3.85. The van der Waals surface area contributed by atoms with Crippen LogP contribution in [0.4, 0.5) is 4.53 Å². The lowest BCUT2D eigenvalue weighted by molar-refractivity contribution is 0.00290. The Hall–Kier alpha value is -1.02. The average Bonchev–Trinajstić information content (AvgIpc) is 2.57. The van der Waals surface area contributed by atoms with Crippen LogP contribution in [0.1, 0.15) is 19.8 Å². The van der Waals surface area contributed by atoms with E-state index in [2.05, 4.69) is 53.4 Å². The van der Waals surface area contributed by atoms with E-state index in [4.69, 9.17) is 0 Å². The van der Waals surface area contributed by atoms with Crippen LogP contribution in [-0.2, 0) is 14.5 Å². The van der Waals surface area contributed by atoms with E-state index in [-0.39, 0.29) is 5.75 Å². The summed E-state index contributed by atoms with van der Waals surface area (Å²) >= 11 is 6.01. The summed E-state index contributed by atoms with van der Waals surface area (Å²) in [5.74, 6) is -0.236. The minimum Gasteiger partial charge on any atom is -0.197 e. The molecule has 7 heteroatoms. The Morgan fingerprint density at radius 2 is 1.61 bits per heavy atom. The van der Waals surface area contributed by atoms with Gasteiger partial charge in [0.2, 0.25) is 0 Å². The smallest absolute Gasteiger partial charge is 0.197 e. The van der Waals surface area contributed by atoms with Gasteiger partial charge in [0.1, 0.15) is 0 Å². The van der Waals surface area contributed by atoms with Gasteiger partial charge in [-0.2, -0.15) is 8.42 Å². The van der Waals surface area contributed by atoms with Gasteiger partial charge in [0, 0.05) is 14.7 Å². The molecule has 2 rings (SSSR count). The monoisotopic (exact) mass is 374 g/mol. The number of thiol groups is 1. The van der Waals surface area contributed by atoms with Crippen molar-refractivity contribution in [3.63, 3.8) is 0 Å². The fraction of sp³-hybridized carbons (Fsp3) is 0.250. The molecule has 0 unspecified atom stereocenters. The normalized spacial score (nSPS) is 10.7. The highest BCUT2D eigenvalue weighted by Crippen LogP contribution is 2.27. The largest absolute Gasteiger partial charge is 0.297 e. The van der Waals surface area contributed by atoms with Gasteiger partial charge in [-0.1, -0.05) is 47.7 Å². The fourth-order valence-corrected chi connectivity index (χ4v) is 3.18. The van der Waals surface area contributed by atoms with Crippen LogP contribution < -0.4 is 0 Å². The summed E-state index contributed by atoms with van der Waals surface area (Å²) in [6.45, 7) is 1.81. The highest BCUT2D eigenvalue weighted by Gasteiger charge is 2.08. The van der Waals surface area contributed by atoms with Crippen LogP contribution in [0.5, 0.6) is 0 Å². The van der Waals surface area contributed by atoms with E-state index in [9.17, 15) is 12.9 Å². The molecule has 0 heterocycles. The molecule has 0 N–H and O–H groups in total. The SMILES string of the molecule is CCCCS(=O)(=O)OF.Sc1ccc(Sc2ccccc2)cc1. The molecule has 0 saturated carbocycles. The van der Waals surface area contributed by atoms with Crippen LogP contribution in [-0.4, -0.2) is 14.2 Å². The molecule has 0 fully saturated rings. The van der Waals surface area contributed by atoms with E-state index in [1.807, 2.05) is 25.1 Å². The first kappa shape index (κ1) is 20.0. The van der Waals surface area contributed by atoms with Crippen LogP contribution in [0.2, 0.25) is 0 Å². The van der Waals surface area contributed by atoms with Gasteiger partial charge in [-0.3, -0.25) is 0 Å². The number of rotatable bonds is 6. The first-order chi connectivity index (χ1) is 11.0. The van der Waals surface area contributed by atoms with Crippen LogP contribution in [0.15, 0.2) is 69.3 Å². The standard InChI is InChI=1S/C12H10S2.C4H9FO3S/c13-10-6-8-12(9-7-10)14-11-4-2-1-3-5-11;1-2-3-4-9(6,7)8-5/h1-9,13H;2-4H2,1H3. The molecule has 2 aromatic rings. The van der Waals surface area contributed by atoms with Crippen molar-refractivity contribution >= 4 is 34.5 Å². The van der Waals surface area contributed by atoms with Gasteiger partial charge in [-0.25, -0.2) is 0 Å². The first-order valence-corrected chi connectivity index (χ1v) is 9.86. The Kier molecular flexibility index (Phi) is 9.31. The topological polar surface area (TPSA) is 43.4 Å². The Bertz CT molecular complexity index is 659. The second-order valence-electron chi connectivity index (χ2n) is 4.59. The number of unbranched alkanes of at least 4 members (excludes halogenated alkanes) is 1. The summed E-state index contributed by atoms with van der Waals surface area (Å²) < 4.78 is 34.0. The molecule has 0 radical (unpaired) electrons. The molecule has 0 aromatic heterocycles. The summed E-state index contributed by atoms with van der Waals surface area (Å²) in [4.78, 5) is 3.51. The van der Waals surface area contributed by atoms with Gasteiger partial charge in [-0.05, 0) is 47.3 Å². The van der Waals surface area contributed by atoms with Crippen LogP contribution in [0.3, 0.4) is 0 Å². The highest BCUT2D eigenvalue weighted by atomic mass is 32.2. The molecule has 0 saturated heterocycles. The molecule has 126 valence electrons. The highest BCUT2D eigenvalue weighted by molar-refractivity contribution is 7.99. The molecule has 0 aliphatic heterocycles. The van der Waals surface area contributed by atoms with Crippen molar-refractivity contribution in [2.75, 3.05) is 5.75 Å².